The third-order valence-corrected chi connectivity index (χ3v) is 7.00. The van der Waals surface area contributed by atoms with E-state index in [9.17, 15) is 23.4 Å². The normalized spacial score (nSPS) is 18.2. The summed E-state index contributed by atoms with van der Waals surface area (Å²) in [4.78, 5) is 2.12. The van der Waals surface area contributed by atoms with Gasteiger partial charge in [0.15, 0.2) is 0 Å². The number of benzene rings is 2. The number of piperidine rings is 1. The van der Waals surface area contributed by atoms with Crippen LogP contribution in [0.5, 0.6) is 0 Å². The Balaban J connectivity index is 1.23. The van der Waals surface area contributed by atoms with E-state index in [-0.39, 0.29) is 6.61 Å². The van der Waals surface area contributed by atoms with Crippen molar-refractivity contribution < 1.29 is 28.1 Å². The van der Waals surface area contributed by atoms with Gasteiger partial charge in [-0.2, -0.15) is 13.2 Å². The lowest BCUT2D eigenvalue weighted by Crippen LogP contribution is -2.43. The number of likely N-dealkylation sites (tertiary alicyclic amines) is 1. The van der Waals surface area contributed by atoms with Crippen LogP contribution in [0.4, 0.5) is 13.2 Å². The van der Waals surface area contributed by atoms with Crippen molar-refractivity contribution in [1.82, 2.24) is 4.90 Å². The topological polar surface area (TPSA) is 52.9 Å². The van der Waals surface area contributed by atoms with Gasteiger partial charge in [0.1, 0.15) is 6.10 Å². The van der Waals surface area contributed by atoms with Crippen molar-refractivity contribution in [2.45, 2.75) is 30.7 Å². The van der Waals surface area contributed by atoms with Crippen LogP contribution in [0.2, 0.25) is 0 Å². The average molecular weight is 466 g/mol. The first-order valence-corrected chi connectivity index (χ1v) is 11.5. The Morgan fingerprint density at radius 1 is 1.09 bits per heavy atom. The molecule has 0 bridgehead atoms. The Morgan fingerprint density at radius 2 is 1.88 bits per heavy atom. The van der Waals surface area contributed by atoms with Gasteiger partial charge in [0, 0.05) is 24.3 Å². The largest absolute Gasteiger partial charge is 0.416 e. The van der Waals surface area contributed by atoms with Crippen LogP contribution in [0.1, 0.15) is 35.6 Å². The summed E-state index contributed by atoms with van der Waals surface area (Å²) in [5.41, 5.74) is -0.861. The molecule has 172 valence electrons. The lowest BCUT2D eigenvalue weighted by Gasteiger charge is -2.38. The van der Waals surface area contributed by atoms with Crippen LogP contribution in [0.15, 0.2) is 53.9 Å². The van der Waals surface area contributed by atoms with Gasteiger partial charge in [-0.05, 0) is 65.1 Å². The number of ether oxygens (including phenoxy) is 1. The molecule has 2 aromatic carbocycles. The summed E-state index contributed by atoms with van der Waals surface area (Å²) in [6.45, 7) is 2.38. The minimum Gasteiger partial charge on any atom is -0.386 e. The summed E-state index contributed by atoms with van der Waals surface area (Å²) in [6, 6.07) is 12.9. The molecule has 1 saturated heterocycles. The molecule has 0 saturated carbocycles. The minimum atomic E-state index is -4.43. The Labute approximate surface area is 188 Å². The van der Waals surface area contributed by atoms with E-state index in [1.165, 1.54) is 10.8 Å². The molecule has 2 heterocycles. The molecule has 4 nitrogen and oxygen atoms in total. The lowest BCUT2D eigenvalue weighted by atomic mass is 9.84. The summed E-state index contributed by atoms with van der Waals surface area (Å²) < 4.78 is 45.8. The number of halogens is 3. The minimum absolute atomic E-state index is 0.192. The van der Waals surface area contributed by atoms with Gasteiger partial charge in [-0.15, -0.1) is 11.3 Å². The molecule has 3 aromatic rings. The second-order valence-corrected chi connectivity index (χ2v) is 9.21. The van der Waals surface area contributed by atoms with Crippen LogP contribution in [0, 0.1) is 0 Å². The number of rotatable bonds is 7. The second kappa shape index (κ2) is 9.49. The standard InChI is InChI=1S/C24H26F3NO3S/c25-24(26,27)20-3-1-2-19(15-20)23(30)7-9-28(10-8-23)11-12-31-16-21(29)17-4-5-22-18(14-17)6-13-32-22/h1-6,13-15,21,29-30H,7-12,16H2. The highest BCUT2D eigenvalue weighted by atomic mass is 32.1. The van der Waals surface area contributed by atoms with Crippen molar-refractivity contribution in [2.75, 3.05) is 32.8 Å². The molecule has 8 heteroatoms. The van der Waals surface area contributed by atoms with E-state index in [2.05, 4.69) is 4.90 Å². The van der Waals surface area contributed by atoms with Crippen LogP contribution in [-0.2, 0) is 16.5 Å². The molecule has 0 radical (unpaired) electrons. The molecule has 2 N–H and O–H groups in total. The zero-order chi connectivity index (χ0) is 22.8. The molecular formula is C24H26F3NO3S. The summed E-state index contributed by atoms with van der Waals surface area (Å²) in [5.74, 6) is 0. The zero-order valence-electron chi connectivity index (χ0n) is 17.5. The average Bonchev–Trinajstić information content (AvgIpc) is 3.25. The van der Waals surface area contributed by atoms with Gasteiger partial charge < -0.3 is 19.8 Å². The Kier molecular flexibility index (Phi) is 6.88. The molecule has 0 amide bonds. The molecule has 32 heavy (non-hydrogen) atoms. The van der Waals surface area contributed by atoms with Crippen molar-refractivity contribution in [3.63, 3.8) is 0 Å². The first kappa shape index (κ1) is 23.2. The third kappa shape index (κ3) is 5.32. The number of aliphatic hydroxyl groups excluding tert-OH is 1. The monoisotopic (exact) mass is 465 g/mol. The van der Waals surface area contributed by atoms with Crippen LogP contribution >= 0.6 is 11.3 Å². The van der Waals surface area contributed by atoms with Gasteiger partial charge in [0.25, 0.3) is 0 Å². The van der Waals surface area contributed by atoms with E-state index >= 15 is 0 Å². The van der Waals surface area contributed by atoms with E-state index in [0.29, 0.717) is 44.6 Å². The molecular weight excluding hydrogens is 439 g/mol. The highest BCUT2D eigenvalue weighted by Gasteiger charge is 2.36. The molecule has 4 rings (SSSR count). The maximum atomic E-state index is 13.0. The van der Waals surface area contributed by atoms with Gasteiger partial charge in [0.2, 0.25) is 0 Å². The van der Waals surface area contributed by atoms with Gasteiger partial charge >= 0.3 is 6.18 Å². The van der Waals surface area contributed by atoms with E-state index in [0.717, 1.165) is 23.1 Å². The van der Waals surface area contributed by atoms with Crippen molar-refractivity contribution in [3.05, 3.63) is 70.6 Å². The fourth-order valence-electron chi connectivity index (χ4n) is 4.10. The molecule has 1 aromatic heterocycles. The highest BCUT2D eigenvalue weighted by Crippen LogP contribution is 2.36. The molecule has 0 aliphatic carbocycles. The number of hydrogen-bond acceptors (Lipinski definition) is 5. The Morgan fingerprint density at radius 3 is 2.62 bits per heavy atom. The maximum Gasteiger partial charge on any atom is 0.416 e. The Hall–Kier alpha value is -1.97. The summed E-state index contributed by atoms with van der Waals surface area (Å²) >= 11 is 1.66. The first-order chi connectivity index (χ1) is 15.2. The number of fused-ring (bicyclic) bond motifs is 1. The quantitative estimate of drug-likeness (QED) is 0.485. The van der Waals surface area contributed by atoms with Gasteiger partial charge in [-0.1, -0.05) is 18.2 Å². The van der Waals surface area contributed by atoms with Crippen LogP contribution < -0.4 is 0 Å². The smallest absolute Gasteiger partial charge is 0.386 e. The number of nitrogens with zero attached hydrogens (tertiary/aromatic N) is 1. The zero-order valence-corrected chi connectivity index (χ0v) is 18.3. The van der Waals surface area contributed by atoms with Crippen LogP contribution in [0.3, 0.4) is 0 Å². The summed E-state index contributed by atoms with van der Waals surface area (Å²) in [5, 5.41) is 24.4. The van der Waals surface area contributed by atoms with Crippen molar-refractivity contribution in [2.24, 2.45) is 0 Å². The van der Waals surface area contributed by atoms with E-state index < -0.39 is 23.4 Å². The fraction of sp³-hybridized carbons (Fsp3) is 0.417. The molecule has 0 spiro atoms. The predicted octanol–water partition coefficient (Wildman–Crippen LogP) is 4.95. The summed E-state index contributed by atoms with van der Waals surface area (Å²) in [6.07, 6.45) is -4.41. The Bertz CT molecular complexity index is 1040. The van der Waals surface area contributed by atoms with E-state index in [4.69, 9.17) is 4.74 Å². The lowest BCUT2D eigenvalue weighted by molar-refractivity contribution is -0.137. The number of hydrogen-bond donors (Lipinski definition) is 2. The van der Waals surface area contributed by atoms with Crippen LogP contribution in [0.25, 0.3) is 10.1 Å². The molecule has 1 aliphatic heterocycles. The molecule has 1 aliphatic rings. The van der Waals surface area contributed by atoms with Crippen molar-refractivity contribution in [3.8, 4) is 0 Å². The van der Waals surface area contributed by atoms with E-state index in [1.807, 2.05) is 29.6 Å². The third-order valence-electron chi connectivity index (χ3n) is 6.10. The maximum absolute atomic E-state index is 13.0. The van der Waals surface area contributed by atoms with Gasteiger partial charge in [-0.3, -0.25) is 0 Å². The number of aliphatic hydroxyl groups is 2. The molecule has 1 unspecified atom stereocenters. The number of alkyl halides is 3. The van der Waals surface area contributed by atoms with E-state index in [1.54, 1.807) is 17.4 Å². The first-order valence-electron chi connectivity index (χ1n) is 10.6. The summed E-state index contributed by atoms with van der Waals surface area (Å²) in [7, 11) is 0. The second-order valence-electron chi connectivity index (χ2n) is 8.26. The highest BCUT2D eigenvalue weighted by molar-refractivity contribution is 7.17. The SMILES string of the molecule is OC(COCCN1CCC(O)(c2cccc(C(F)(F)F)c2)CC1)c1ccc2sccc2c1. The molecule has 1 fully saturated rings. The van der Waals surface area contributed by atoms with Crippen LogP contribution in [-0.4, -0.2) is 48.0 Å². The van der Waals surface area contributed by atoms with Crippen molar-refractivity contribution in [1.29, 1.82) is 0 Å². The van der Waals surface area contributed by atoms with Gasteiger partial charge in [0.05, 0.1) is 24.4 Å². The van der Waals surface area contributed by atoms with Gasteiger partial charge in [-0.25, -0.2) is 0 Å². The predicted molar refractivity (Wildman–Crippen MR) is 119 cm³/mol. The van der Waals surface area contributed by atoms with Crippen molar-refractivity contribution >= 4 is 21.4 Å². The number of thiophene rings is 1. The fourth-order valence-corrected chi connectivity index (χ4v) is 4.87. The molecule has 1 atom stereocenters.